The SMILES string of the molecule is CCCCN(CC(=O)Nc1cc(C(C)(C)C)nn1C)S(=O)(=O)/C=C/c1ccccc1. The minimum absolute atomic E-state index is 0.153. The summed E-state index contributed by atoms with van der Waals surface area (Å²) in [6.45, 7) is 8.13. The maximum atomic E-state index is 12.8. The summed E-state index contributed by atoms with van der Waals surface area (Å²) in [6.07, 6.45) is 3.04. The van der Waals surface area contributed by atoms with Gasteiger partial charge in [-0.25, -0.2) is 8.42 Å². The van der Waals surface area contributed by atoms with Crippen LogP contribution in [0.1, 0.15) is 51.8 Å². The van der Waals surface area contributed by atoms with E-state index in [-0.39, 0.29) is 18.5 Å². The number of anilines is 1. The predicted octanol–water partition coefficient (Wildman–Crippen LogP) is 3.76. The molecule has 30 heavy (non-hydrogen) atoms. The first kappa shape index (κ1) is 23.8. The van der Waals surface area contributed by atoms with Crippen molar-refractivity contribution < 1.29 is 13.2 Å². The zero-order valence-corrected chi connectivity index (χ0v) is 19.2. The second-order valence-corrected chi connectivity index (χ2v) is 10.1. The van der Waals surface area contributed by atoms with Crippen LogP contribution in [-0.2, 0) is 27.3 Å². The third kappa shape index (κ3) is 6.81. The molecule has 8 heteroatoms. The number of benzene rings is 1. The third-order valence-corrected chi connectivity index (χ3v) is 6.10. The Morgan fingerprint density at radius 1 is 1.23 bits per heavy atom. The number of carbonyl (C=O) groups is 1. The van der Waals surface area contributed by atoms with Crippen molar-refractivity contribution in [1.82, 2.24) is 14.1 Å². The number of carbonyl (C=O) groups excluding carboxylic acids is 1. The molecule has 1 aromatic heterocycles. The van der Waals surface area contributed by atoms with E-state index in [1.165, 1.54) is 4.31 Å². The highest BCUT2D eigenvalue weighted by Gasteiger charge is 2.24. The number of hydrogen-bond acceptors (Lipinski definition) is 4. The number of sulfonamides is 1. The smallest absolute Gasteiger partial charge is 0.240 e. The lowest BCUT2D eigenvalue weighted by molar-refractivity contribution is -0.116. The van der Waals surface area contributed by atoms with Gasteiger partial charge in [-0.05, 0) is 18.1 Å². The molecule has 2 aromatic rings. The molecule has 1 amide bonds. The van der Waals surface area contributed by atoms with Crippen LogP contribution in [-0.4, -0.2) is 41.5 Å². The van der Waals surface area contributed by atoms with Gasteiger partial charge in [-0.15, -0.1) is 0 Å². The van der Waals surface area contributed by atoms with Gasteiger partial charge >= 0.3 is 0 Å². The quantitative estimate of drug-likeness (QED) is 0.654. The number of rotatable bonds is 9. The van der Waals surface area contributed by atoms with Gasteiger partial charge in [0.1, 0.15) is 5.82 Å². The summed E-state index contributed by atoms with van der Waals surface area (Å²) < 4.78 is 28.5. The topological polar surface area (TPSA) is 84.3 Å². The fourth-order valence-electron chi connectivity index (χ4n) is 2.74. The van der Waals surface area contributed by atoms with Crippen molar-refractivity contribution in [1.29, 1.82) is 0 Å². The molecular formula is C22H32N4O3S. The van der Waals surface area contributed by atoms with E-state index in [4.69, 9.17) is 0 Å². The average molecular weight is 433 g/mol. The number of nitrogens with zero attached hydrogens (tertiary/aromatic N) is 3. The van der Waals surface area contributed by atoms with Gasteiger partial charge in [0.05, 0.1) is 12.2 Å². The van der Waals surface area contributed by atoms with Crippen LogP contribution >= 0.6 is 0 Å². The molecule has 0 fully saturated rings. The first-order valence-corrected chi connectivity index (χ1v) is 11.6. The molecule has 0 radical (unpaired) electrons. The van der Waals surface area contributed by atoms with E-state index in [9.17, 15) is 13.2 Å². The zero-order chi connectivity index (χ0) is 22.4. The van der Waals surface area contributed by atoms with Gasteiger partial charge in [-0.1, -0.05) is 64.4 Å². The second kappa shape index (κ2) is 10.0. The van der Waals surface area contributed by atoms with Crippen LogP contribution < -0.4 is 5.32 Å². The lowest BCUT2D eigenvalue weighted by atomic mass is 9.92. The van der Waals surface area contributed by atoms with Crippen LogP contribution in [0.3, 0.4) is 0 Å². The van der Waals surface area contributed by atoms with Crippen LogP contribution in [0.15, 0.2) is 41.8 Å². The van der Waals surface area contributed by atoms with Crippen molar-refractivity contribution >= 4 is 27.8 Å². The van der Waals surface area contributed by atoms with Crippen molar-refractivity contribution in [3.63, 3.8) is 0 Å². The number of amides is 1. The average Bonchev–Trinajstić information content (AvgIpc) is 3.05. The van der Waals surface area contributed by atoms with E-state index in [2.05, 4.69) is 10.4 Å². The van der Waals surface area contributed by atoms with Gasteiger partial charge in [-0.3, -0.25) is 9.48 Å². The Balaban J connectivity index is 2.14. The predicted molar refractivity (Wildman–Crippen MR) is 121 cm³/mol. The Morgan fingerprint density at radius 3 is 2.47 bits per heavy atom. The van der Waals surface area contributed by atoms with Gasteiger partial charge in [0.25, 0.3) is 0 Å². The van der Waals surface area contributed by atoms with Crippen LogP contribution in [0.5, 0.6) is 0 Å². The van der Waals surface area contributed by atoms with Gasteiger partial charge in [0, 0.05) is 30.5 Å². The summed E-state index contributed by atoms with van der Waals surface area (Å²) in [5.41, 5.74) is 1.48. The molecule has 0 aliphatic heterocycles. The first-order valence-electron chi connectivity index (χ1n) is 10.1. The molecule has 164 valence electrons. The van der Waals surface area contributed by atoms with E-state index in [0.717, 1.165) is 23.1 Å². The first-order chi connectivity index (χ1) is 14.0. The fraction of sp³-hybridized carbons (Fsp3) is 0.455. The van der Waals surface area contributed by atoms with E-state index in [1.54, 1.807) is 17.8 Å². The van der Waals surface area contributed by atoms with E-state index < -0.39 is 15.9 Å². The molecule has 0 saturated carbocycles. The highest BCUT2D eigenvalue weighted by atomic mass is 32.2. The van der Waals surface area contributed by atoms with Crippen molar-refractivity contribution in [3.8, 4) is 0 Å². The molecule has 2 rings (SSSR count). The van der Waals surface area contributed by atoms with Gasteiger partial charge in [0.2, 0.25) is 15.9 Å². The zero-order valence-electron chi connectivity index (χ0n) is 18.4. The Hall–Kier alpha value is -2.45. The minimum Gasteiger partial charge on any atom is -0.310 e. The Labute approximate surface area is 179 Å². The second-order valence-electron chi connectivity index (χ2n) is 8.28. The maximum Gasteiger partial charge on any atom is 0.240 e. The minimum atomic E-state index is -3.74. The number of unbranched alkanes of at least 4 members (excludes halogenated alkanes) is 1. The third-order valence-electron chi connectivity index (χ3n) is 4.59. The van der Waals surface area contributed by atoms with Crippen molar-refractivity contribution in [2.75, 3.05) is 18.4 Å². The maximum absolute atomic E-state index is 12.8. The highest BCUT2D eigenvalue weighted by Crippen LogP contribution is 2.23. The summed E-state index contributed by atoms with van der Waals surface area (Å²) in [4.78, 5) is 12.6. The monoisotopic (exact) mass is 432 g/mol. The molecule has 7 nitrogen and oxygen atoms in total. The van der Waals surface area contributed by atoms with E-state index >= 15 is 0 Å². The van der Waals surface area contributed by atoms with Crippen LogP contribution in [0.4, 0.5) is 5.82 Å². The van der Waals surface area contributed by atoms with E-state index in [0.29, 0.717) is 12.2 Å². The standard InChI is InChI=1S/C22H32N4O3S/c1-6-7-14-26(30(28,29)15-13-18-11-9-8-10-12-18)17-21(27)23-20-16-19(22(2,3)4)24-25(20)5/h8-13,15-16H,6-7,14,17H2,1-5H3,(H,23,27)/b15-13+. The summed E-state index contributed by atoms with van der Waals surface area (Å²) in [6, 6.07) is 11.0. The van der Waals surface area contributed by atoms with Crippen LogP contribution in [0, 0.1) is 0 Å². The molecule has 0 atom stereocenters. The molecule has 0 aliphatic carbocycles. The van der Waals surface area contributed by atoms with Crippen LogP contribution in [0.2, 0.25) is 0 Å². The number of hydrogen-bond donors (Lipinski definition) is 1. The molecule has 1 N–H and O–H groups in total. The molecule has 1 heterocycles. The molecule has 1 aromatic carbocycles. The van der Waals surface area contributed by atoms with Gasteiger partial charge in [0.15, 0.2) is 0 Å². The molecule has 0 spiro atoms. The molecule has 0 saturated heterocycles. The number of aromatic nitrogens is 2. The Kier molecular flexibility index (Phi) is 7.97. The highest BCUT2D eigenvalue weighted by molar-refractivity contribution is 7.92. The Bertz CT molecular complexity index is 974. The summed E-state index contributed by atoms with van der Waals surface area (Å²) in [5.74, 6) is 0.142. The van der Waals surface area contributed by atoms with Gasteiger partial charge < -0.3 is 5.32 Å². The molecule has 0 bridgehead atoms. The Morgan fingerprint density at radius 2 is 1.90 bits per heavy atom. The van der Waals surface area contributed by atoms with Crippen molar-refractivity contribution in [2.45, 2.75) is 46.0 Å². The lowest BCUT2D eigenvalue weighted by Crippen LogP contribution is -2.37. The molecular weight excluding hydrogens is 400 g/mol. The largest absolute Gasteiger partial charge is 0.310 e. The van der Waals surface area contributed by atoms with Crippen LogP contribution in [0.25, 0.3) is 6.08 Å². The normalized spacial score (nSPS) is 12.6. The fourth-order valence-corrected chi connectivity index (χ4v) is 3.92. The molecule has 0 unspecified atom stereocenters. The van der Waals surface area contributed by atoms with Gasteiger partial charge in [-0.2, -0.15) is 9.40 Å². The summed E-state index contributed by atoms with van der Waals surface area (Å²) >= 11 is 0. The van der Waals surface area contributed by atoms with E-state index in [1.807, 2.05) is 64.1 Å². The lowest BCUT2D eigenvalue weighted by Gasteiger charge is -2.19. The molecule has 0 aliphatic rings. The number of aryl methyl sites for hydroxylation is 1. The van der Waals surface area contributed by atoms with Crippen molar-refractivity contribution in [2.24, 2.45) is 7.05 Å². The summed E-state index contributed by atoms with van der Waals surface area (Å²) in [7, 11) is -1.99. The number of nitrogens with one attached hydrogen (secondary N) is 1. The summed E-state index contributed by atoms with van der Waals surface area (Å²) in [5, 5.41) is 8.38. The van der Waals surface area contributed by atoms with Crippen molar-refractivity contribution in [3.05, 3.63) is 53.1 Å².